The summed E-state index contributed by atoms with van der Waals surface area (Å²) in [6, 6.07) is 8.11. The molecule has 12 heavy (non-hydrogen) atoms. The summed E-state index contributed by atoms with van der Waals surface area (Å²) in [7, 11) is 0. The van der Waals surface area contributed by atoms with Gasteiger partial charge in [0.1, 0.15) is 5.75 Å². The summed E-state index contributed by atoms with van der Waals surface area (Å²) in [5, 5.41) is 0. The van der Waals surface area contributed by atoms with E-state index < -0.39 is 5.97 Å². The van der Waals surface area contributed by atoms with Gasteiger partial charge >= 0.3 is 5.97 Å². The van der Waals surface area contributed by atoms with E-state index in [9.17, 15) is 4.79 Å². The third kappa shape index (κ3) is 2.23. The van der Waals surface area contributed by atoms with Crippen molar-refractivity contribution in [2.24, 2.45) is 0 Å². The Morgan fingerprint density at radius 3 is 3.08 bits per heavy atom. The molecule has 2 nitrogen and oxygen atoms in total. The molecule has 1 aromatic rings. The van der Waals surface area contributed by atoms with Crippen LogP contribution >= 0.6 is 0 Å². The molecule has 1 rings (SSSR count). The SMILES string of the molecule is C=CC(=O)Oc1[c]ccc(C)c1. The number of hydrogen-bond acceptors (Lipinski definition) is 2. The van der Waals surface area contributed by atoms with Crippen LogP contribution in [0.25, 0.3) is 0 Å². The summed E-state index contributed by atoms with van der Waals surface area (Å²) in [4.78, 5) is 10.7. The lowest BCUT2D eigenvalue weighted by Gasteiger charge is -2.00. The van der Waals surface area contributed by atoms with Crippen LogP contribution in [0, 0.1) is 13.0 Å². The van der Waals surface area contributed by atoms with E-state index in [1.54, 1.807) is 12.1 Å². The molecule has 0 aliphatic carbocycles. The minimum absolute atomic E-state index is 0.430. The summed E-state index contributed by atoms with van der Waals surface area (Å²) < 4.78 is 4.83. The van der Waals surface area contributed by atoms with Crippen LogP contribution in [-0.2, 0) is 4.79 Å². The molecule has 0 spiro atoms. The molecule has 0 fully saturated rings. The van der Waals surface area contributed by atoms with Crippen molar-refractivity contribution in [2.45, 2.75) is 6.92 Å². The molecule has 1 aromatic carbocycles. The van der Waals surface area contributed by atoms with Gasteiger partial charge in [-0.1, -0.05) is 18.7 Å². The van der Waals surface area contributed by atoms with Crippen LogP contribution in [0.1, 0.15) is 5.56 Å². The average Bonchev–Trinajstić information content (AvgIpc) is 2.04. The molecule has 0 saturated carbocycles. The molecule has 0 bridgehead atoms. The highest BCUT2D eigenvalue weighted by Gasteiger charge is 1.98. The Morgan fingerprint density at radius 1 is 1.75 bits per heavy atom. The van der Waals surface area contributed by atoms with Gasteiger partial charge in [-0.3, -0.25) is 0 Å². The second kappa shape index (κ2) is 3.72. The minimum Gasteiger partial charge on any atom is -0.423 e. The number of aryl methyl sites for hydroxylation is 1. The zero-order chi connectivity index (χ0) is 8.97. The lowest BCUT2D eigenvalue weighted by molar-refractivity contribution is -0.128. The van der Waals surface area contributed by atoms with Crippen molar-refractivity contribution < 1.29 is 9.53 Å². The lowest BCUT2D eigenvalue weighted by Crippen LogP contribution is -2.02. The van der Waals surface area contributed by atoms with Crippen molar-refractivity contribution in [1.82, 2.24) is 0 Å². The van der Waals surface area contributed by atoms with E-state index in [1.807, 2.05) is 13.0 Å². The average molecular weight is 161 g/mol. The van der Waals surface area contributed by atoms with Crippen molar-refractivity contribution in [3.05, 3.63) is 42.5 Å². The number of carbonyl (C=O) groups is 1. The first-order valence-electron chi connectivity index (χ1n) is 3.55. The predicted octanol–water partition coefficient (Wildman–Crippen LogP) is 1.89. The Balaban J connectivity index is 2.76. The van der Waals surface area contributed by atoms with E-state index in [1.165, 1.54) is 0 Å². The smallest absolute Gasteiger partial charge is 0.335 e. The molecule has 0 heterocycles. The topological polar surface area (TPSA) is 26.3 Å². The zero-order valence-corrected chi connectivity index (χ0v) is 6.83. The highest BCUT2D eigenvalue weighted by molar-refractivity contribution is 5.83. The molecule has 1 radical (unpaired) electrons. The van der Waals surface area contributed by atoms with E-state index in [-0.39, 0.29) is 0 Å². The van der Waals surface area contributed by atoms with Crippen LogP contribution in [0.2, 0.25) is 0 Å². The van der Waals surface area contributed by atoms with Gasteiger partial charge in [-0.05, 0) is 18.6 Å². The predicted molar refractivity (Wildman–Crippen MR) is 45.8 cm³/mol. The van der Waals surface area contributed by atoms with Crippen molar-refractivity contribution in [1.29, 1.82) is 0 Å². The largest absolute Gasteiger partial charge is 0.423 e. The van der Waals surface area contributed by atoms with Gasteiger partial charge in [-0.15, -0.1) is 0 Å². The highest BCUT2D eigenvalue weighted by atomic mass is 16.5. The van der Waals surface area contributed by atoms with E-state index in [4.69, 9.17) is 4.74 Å². The van der Waals surface area contributed by atoms with Gasteiger partial charge in [0.25, 0.3) is 0 Å². The number of ether oxygens (including phenoxy) is 1. The van der Waals surface area contributed by atoms with Crippen LogP contribution in [0.5, 0.6) is 5.75 Å². The molecule has 0 N–H and O–H groups in total. The monoisotopic (exact) mass is 161 g/mol. The van der Waals surface area contributed by atoms with Crippen molar-refractivity contribution in [3.8, 4) is 5.75 Å². The minimum atomic E-state index is -0.461. The van der Waals surface area contributed by atoms with Crippen molar-refractivity contribution >= 4 is 5.97 Å². The van der Waals surface area contributed by atoms with E-state index in [0.717, 1.165) is 11.6 Å². The Morgan fingerprint density at radius 2 is 2.50 bits per heavy atom. The van der Waals surface area contributed by atoms with Crippen molar-refractivity contribution in [3.63, 3.8) is 0 Å². The molecule has 0 unspecified atom stereocenters. The quantitative estimate of drug-likeness (QED) is 0.376. The fourth-order valence-corrected chi connectivity index (χ4v) is 0.761. The first kappa shape index (κ1) is 8.53. The molecule has 0 aromatic heterocycles. The van der Waals surface area contributed by atoms with Gasteiger partial charge in [0, 0.05) is 12.1 Å². The number of hydrogen-bond donors (Lipinski definition) is 0. The number of benzene rings is 1. The molecule has 0 saturated heterocycles. The maximum atomic E-state index is 10.7. The van der Waals surface area contributed by atoms with Gasteiger partial charge in [0.2, 0.25) is 0 Å². The lowest BCUT2D eigenvalue weighted by atomic mass is 10.2. The highest BCUT2D eigenvalue weighted by Crippen LogP contribution is 2.11. The Hall–Kier alpha value is -1.57. The van der Waals surface area contributed by atoms with Crippen LogP contribution in [0.3, 0.4) is 0 Å². The fourth-order valence-electron chi connectivity index (χ4n) is 0.761. The van der Waals surface area contributed by atoms with E-state index in [0.29, 0.717) is 5.75 Å². The van der Waals surface area contributed by atoms with Gasteiger partial charge in [0.15, 0.2) is 0 Å². The Labute approximate surface area is 71.5 Å². The second-order valence-corrected chi connectivity index (χ2v) is 2.36. The summed E-state index contributed by atoms with van der Waals surface area (Å²) >= 11 is 0. The van der Waals surface area contributed by atoms with Crippen LogP contribution in [0.4, 0.5) is 0 Å². The summed E-state index contributed by atoms with van der Waals surface area (Å²) in [6.45, 7) is 5.21. The second-order valence-electron chi connectivity index (χ2n) is 2.36. The molecular weight excluding hydrogens is 152 g/mol. The number of carbonyl (C=O) groups excluding carboxylic acids is 1. The van der Waals surface area contributed by atoms with Gasteiger partial charge in [-0.25, -0.2) is 4.79 Å². The van der Waals surface area contributed by atoms with Crippen LogP contribution in [0.15, 0.2) is 30.9 Å². The Kier molecular flexibility index (Phi) is 2.64. The van der Waals surface area contributed by atoms with E-state index >= 15 is 0 Å². The molecular formula is C10H9O2. The van der Waals surface area contributed by atoms with Crippen LogP contribution < -0.4 is 4.74 Å². The zero-order valence-electron chi connectivity index (χ0n) is 6.83. The summed E-state index contributed by atoms with van der Waals surface area (Å²) in [6.07, 6.45) is 1.12. The third-order valence-corrected chi connectivity index (χ3v) is 1.31. The maximum absolute atomic E-state index is 10.7. The van der Waals surface area contributed by atoms with Crippen molar-refractivity contribution in [2.75, 3.05) is 0 Å². The summed E-state index contributed by atoms with van der Waals surface area (Å²) in [5.74, 6) is -0.0308. The summed E-state index contributed by atoms with van der Waals surface area (Å²) in [5.41, 5.74) is 1.03. The molecule has 0 amide bonds. The number of esters is 1. The third-order valence-electron chi connectivity index (χ3n) is 1.31. The molecule has 0 aliphatic rings. The first-order valence-corrected chi connectivity index (χ1v) is 3.55. The normalized spacial score (nSPS) is 9.08. The van der Waals surface area contributed by atoms with Gasteiger partial charge in [-0.2, -0.15) is 0 Å². The molecule has 0 aliphatic heterocycles. The molecule has 0 atom stereocenters. The number of rotatable bonds is 2. The maximum Gasteiger partial charge on any atom is 0.335 e. The van der Waals surface area contributed by atoms with E-state index in [2.05, 4.69) is 12.6 Å². The standard InChI is InChI=1S/C10H9O2/c1-3-10(11)12-9-6-4-5-8(2)7-9/h3-5,7H,1H2,2H3. The first-order chi connectivity index (χ1) is 5.72. The molecule has 61 valence electrons. The fraction of sp³-hybridized carbons (Fsp3) is 0.100. The van der Waals surface area contributed by atoms with Gasteiger partial charge < -0.3 is 4.74 Å². The van der Waals surface area contributed by atoms with Gasteiger partial charge in [0.05, 0.1) is 0 Å². The Bertz CT molecular complexity index is 302. The van der Waals surface area contributed by atoms with Crippen LogP contribution in [-0.4, -0.2) is 5.97 Å². The molecule has 2 heteroatoms.